The minimum Gasteiger partial charge on any atom is -0.349 e. The number of nitrogens with one attached hydrogen (secondary N) is 2. The number of rotatable bonds is 9. The smallest absolute Gasteiger partial charge is 0.282 e. The van der Waals surface area contributed by atoms with Gasteiger partial charge in [-0.1, -0.05) is 0 Å². The third kappa shape index (κ3) is 4.01. The Labute approximate surface area is 233 Å². The predicted octanol–water partition coefficient (Wildman–Crippen LogP) is 4.68. The number of hydrogen-bond donors (Lipinski definition) is 2. The molecule has 3 aromatic heterocycles. The number of aryl methyl sites for hydroxylation is 2. The molecule has 9 nitrogen and oxygen atoms in total. The van der Waals surface area contributed by atoms with Gasteiger partial charge in [0.05, 0.1) is 5.56 Å². The van der Waals surface area contributed by atoms with Crippen LogP contribution >= 0.6 is 11.3 Å². The molecule has 3 heterocycles. The van der Waals surface area contributed by atoms with Crippen LogP contribution in [0.1, 0.15) is 88.8 Å². The summed E-state index contributed by atoms with van der Waals surface area (Å²) in [6.07, 6.45) is 8.34. The van der Waals surface area contributed by atoms with Crippen LogP contribution < -0.4 is 10.6 Å². The van der Waals surface area contributed by atoms with Crippen LogP contribution in [-0.2, 0) is 31.1 Å². The highest BCUT2D eigenvalue weighted by atomic mass is 32.1. The molecular formula is C28H31F2N7O2S. The van der Waals surface area contributed by atoms with Crippen LogP contribution in [0.5, 0.6) is 0 Å². The number of ketones is 1. The fourth-order valence-corrected chi connectivity index (χ4v) is 8.33. The van der Waals surface area contributed by atoms with Crippen LogP contribution in [0.25, 0.3) is 0 Å². The monoisotopic (exact) mass is 567 g/mol. The summed E-state index contributed by atoms with van der Waals surface area (Å²) in [5, 5.41) is 18.6. The molecule has 4 saturated carbocycles. The Morgan fingerprint density at radius 2 is 2.00 bits per heavy atom. The number of thiophene rings is 1. The molecule has 40 heavy (non-hydrogen) atoms. The van der Waals surface area contributed by atoms with Crippen molar-refractivity contribution < 1.29 is 18.4 Å². The molecule has 5 aliphatic carbocycles. The summed E-state index contributed by atoms with van der Waals surface area (Å²) in [5.74, 6) is 1.26. The van der Waals surface area contributed by atoms with Crippen molar-refractivity contribution in [1.82, 2.24) is 29.9 Å². The van der Waals surface area contributed by atoms with Gasteiger partial charge < -0.3 is 10.6 Å². The lowest BCUT2D eigenvalue weighted by atomic mass is 9.89. The highest BCUT2D eigenvalue weighted by molar-refractivity contribution is 7.12. The molecule has 0 saturated heterocycles. The van der Waals surface area contributed by atoms with Crippen LogP contribution in [0.3, 0.4) is 0 Å². The number of amides is 1. The van der Waals surface area contributed by atoms with E-state index in [2.05, 4.69) is 25.9 Å². The van der Waals surface area contributed by atoms with E-state index in [1.54, 1.807) is 24.7 Å². The average molecular weight is 568 g/mol. The number of carbonyl (C=O) groups excluding carboxylic acids is 2. The van der Waals surface area contributed by atoms with Gasteiger partial charge >= 0.3 is 0 Å². The largest absolute Gasteiger partial charge is 0.349 e. The van der Waals surface area contributed by atoms with E-state index in [0.29, 0.717) is 41.0 Å². The van der Waals surface area contributed by atoms with E-state index in [0.717, 1.165) is 36.1 Å². The summed E-state index contributed by atoms with van der Waals surface area (Å²) in [6, 6.07) is 1.54. The molecule has 0 bridgehead atoms. The summed E-state index contributed by atoms with van der Waals surface area (Å²) >= 11 is 1.64. The summed E-state index contributed by atoms with van der Waals surface area (Å²) in [4.78, 5) is 29.0. The fourth-order valence-electron chi connectivity index (χ4n) is 6.97. The van der Waals surface area contributed by atoms with Gasteiger partial charge in [0.2, 0.25) is 5.95 Å². The van der Waals surface area contributed by atoms with E-state index < -0.39 is 6.43 Å². The lowest BCUT2D eigenvalue weighted by Crippen LogP contribution is -2.30. The van der Waals surface area contributed by atoms with Gasteiger partial charge in [0.25, 0.3) is 12.3 Å². The van der Waals surface area contributed by atoms with E-state index in [4.69, 9.17) is 0 Å². The topological polar surface area (TPSA) is 107 Å². The first-order valence-corrected chi connectivity index (χ1v) is 15.0. The highest BCUT2D eigenvalue weighted by Crippen LogP contribution is 2.71. The van der Waals surface area contributed by atoms with Crippen molar-refractivity contribution in [2.45, 2.75) is 82.7 Å². The van der Waals surface area contributed by atoms with Crippen LogP contribution in [0, 0.1) is 16.7 Å². The second-order valence-corrected chi connectivity index (χ2v) is 13.8. The van der Waals surface area contributed by atoms with Crippen molar-refractivity contribution >= 4 is 34.8 Å². The zero-order valence-electron chi connectivity index (χ0n) is 22.3. The number of fused-ring (bicyclic) bond motifs is 1. The molecule has 2 N–H and O–H groups in total. The zero-order valence-corrected chi connectivity index (χ0v) is 23.1. The maximum absolute atomic E-state index is 13.7. The van der Waals surface area contributed by atoms with Crippen molar-refractivity contribution in [2.75, 3.05) is 5.32 Å². The van der Waals surface area contributed by atoms with Crippen molar-refractivity contribution in [3.8, 4) is 0 Å². The zero-order chi connectivity index (χ0) is 27.4. The molecule has 12 heteroatoms. The Balaban J connectivity index is 1.07. The number of carbonyl (C=O) groups is 2. The maximum atomic E-state index is 13.7. The molecule has 0 aromatic carbocycles. The average Bonchev–Trinajstić information content (AvgIpc) is 3.90. The van der Waals surface area contributed by atoms with Crippen molar-refractivity contribution in [3.05, 3.63) is 39.0 Å². The van der Waals surface area contributed by atoms with E-state index in [9.17, 15) is 18.4 Å². The first-order valence-electron chi connectivity index (χ1n) is 14.2. The van der Waals surface area contributed by atoms with Crippen LogP contribution in [0.2, 0.25) is 0 Å². The Hall–Kier alpha value is -3.15. The van der Waals surface area contributed by atoms with Gasteiger partial charge in [-0.2, -0.15) is 5.10 Å². The van der Waals surface area contributed by atoms with Crippen LogP contribution in [0.15, 0.2) is 12.4 Å². The highest BCUT2D eigenvalue weighted by Gasteiger charge is 2.65. The summed E-state index contributed by atoms with van der Waals surface area (Å²) < 4.78 is 29.6. The molecule has 2 spiro atoms. The molecule has 8 rings (SSSR count). The Morgan fingerprint density at radius 3 is 2.67 bits per heavy atom. The third-order valence-corrected chi connectivity index (χ3v) is 11.3. The normalized spacial score (nSPS) is 26.1. The Bertz CT molecular complexity index is 1550. The van der Waals surface area contributed by atoms with Gasteiger partial charge in [-0.25, -0.2) is 8.78 Å². The summed E-state index contributed by atoms with van der Waals surface area (Å²) in [7, 11) is 1.60. The minimum absolute atomic E-state index is 0.0219. The second kappa shape index (κ2) is 8.43. The maximum Gasteiger partial charge on any atom is 0.282 e. The molecule has 3 atom stereocenters. The third-order valence-electron chi connectivity index (χ3n) is 10.1. The molecule has 210 valence electrons. The van der Waals surface area contributed by atoms with Gasteiger partial charge in [-0.05, 0) is 74.2 Å². The molecule has 0 unspecified atom stereocenters. The molecule has 3 aromatic rings. The number of anilines is 2. The molecule has 0 radical (unpaired) electrons. The van der Waals surface area contributed by atoms with E-state index in [-0.39, 0.29) is 35.4 Å². The summed E-state index contributed by atoms with van der Waals surface area (Å²) in [5.41, 5.74) is 2.08. The Morgan fingerprint density at radius 1 is 1.20 bits per heavy atom. The van der Waals surface area contributed by atoms with E-state index >= 15 is 0 Å². The first-order chi connectivity index (χ1) is 19.3. The number of halogens is 2. The molecule has 1 amide bonds. The number of aromatic nitrogens is 5. The number of alkyl halides is 2. The van der Waals surface area contributed by atoms with Gasteiger partial charge in [-0.15, -0.1) is 21.5 Å². The Kier molecular flexibility index (Phi) is 5.19. The first kappa shape index (κ1) is 24.6. The molecule has 0 aliphatic heterocycles. The van der Waals surface area contributed by atoms with E-state index in [1.807, 2.05) is 4.57 Å². The molecule has 5 aliphatic rings. The number of Topliss-reactive ketones (excluding diaryl/α,β-unsaturated/α-hetero) is 1. The predicted molar refractivity (Wildman–Crippen MR) is 143 cm³/mol. The number of hydrogen-bond acceptors (Lipinski definition) is 7. The van der Waals surface area contributed by atoms with Gasteiger partial charge in [-0.3, -0.25) is 18.8 Å². The van der Waals surface area contributed by atoms with Crippen LogP contribution in [-0.4, -0.2) is 42.3 Å². The van der Waals surface area contributed by atoms with Crippen molar-refractivity contribution in [2.24, 2.45) is 23.8 Å². The van der Waals surface area contributed by atoms with Gasteiger partial charge in [0.15, 0.2) is 0 Å². The summed E-state index contributed by atoms with van der Waals surface area (Å²) in [6.45, 7) is 0. The standard InChI is InChI=1S/C28H31F2N7O2S/c1-36-22(9-17(35-36)24(29)30)33-26-34-31-13-37(26)14-2-3-19-15(8-14)23(25(39)32-21-12-28(21)6-7-28)20(40-19)10-18(38)16-11-27(16)4-5-27/h9,13-14,16,21,24H,2-8,10-12H2,1H3,(H,32,39)(H,33,34)/t14-,16+,21-/m0/s1. The van der Waals surface area contributed by atoms with Gasteiger partial charge in [0.1, 0.15) is 23.6 Å². The van der Waals surface area contributed by atoms with Crippen LogP contribution in [0.4, 0.5) is 20.5 Å². The van der Waals surface area contributed by atoms with Crippen molar-refractivity contribution in [3.63, 3.8) is 0 Å². The SMILES string of the molecule is Cn1nc(C(F)F)cc1Nc1nncn1[C@H]1CCc2sc(CC(=O)[C@H]3CC34CC4)c(C(=O)N[C@H]3CC34CC4)c2C1. The lowest BCUT2D eigenvalue weighted by Gasteiger charge is -2.25. The van der Waals surface area contributed by atoms with Gasteiger partial charge in [0, 0.05) is 47.3 Å². The number of nitrogens with zero attached hydrogens (tertiary/aromatic N) is 5. The second-order valence-electron chi connectivity index (χ2n) is 12.6. The van der Waals surface area contributed by atoms with E-state index in [1.165, 1.54) is 41.3 Å². The molecular weight excluding hydrogens is 536 g/mol. The van der Waals surface area contributed by atoms with Crippen molar-refractivity contribution in [1.29, 1.82) is 0 Å². The quantitative estimate of drug-likeness (QED) is 0.389. The fraction of sp³-hybridized carbons (Fsp3) is 0.607. The molecule has 4 fully saturated rings. The minimum atomic E-state index is -2.67. The lowest BCUT2D eigenvalue weighted by molar-refractivity contribution is -0.119.